The third-order valence-corrected chi connectivity index (χ3v) is 2.15. The van der Waals surface area contributed by atoms with Crippen molar-refractivity contribution in [2.45, 2.75) is 19.5 Å². The summed E-state index contributed by atoms with van der Waals surface area (Å²) in [5.41, 5.74) is 11.2. The van der Waals surface area contributed by atoms with Gasteiger partial charge < -0.3 is 11.5 Å². The van der Waals surface area contributed by atoms with E-state index >= 15 is 0 Å². The predicted octanol–water partition coefficient (Wildman–Crippen LogP) is -0.342. The maximum atomic E-state index is 10.6. The van der Waals surface area contributed by atoms with Crippen LogP contribution in [0, 0.1) is 6.92 Å². The summed E-state index contributed by atoms with van der Waals surface area (Å²) in [5, 5.41) is 4.49. The van der Waals surface area contributed by atoms with Crippen LogP contribution in [0.15, 0.2) is 6.20 Å². The van der Waals surface area contributed by atoms with E-state index in [4.69, 9.17) is 23.1 Å². The van der Waals surface area contributed by atoms with Crippen LogP contribution >= 0.6 is 11.6 Å². The average Bonchev–Trinajstić information content (AvgIpc) is 2.36. The molecule has 1 aromatic rings. The first kappa shape index (κ1) is 10.0. The number of carbonyl (C=O) groups is 1. The van der Waals surface area contributed by atoms with Gasteiger partial charge in [0.05, 0.1) is 23.5 Å². The first-order valence-corrected chi connectivity index (χ1v) is 4.13. The van der Waals surface area contributed by atoms with E-state index in [1.807, 2.05) is 0 Å². The molecule has 0 bridgehead atoms. The number of carbonyl (C=O) groups excluding carboxylic acids is 1. The number of halogens is 1. The van der Waals surface area contributed by atoms with Crippen molar-refractivity contribution in [3.05, 3.63) is 16.9 Å². The normalized spacial score (nSPS) is 12.8. The Hall–Kier alpha value is -1.07. The van der Waals surface area contributed by atoms with Gasteiger partial charge in [0, 0.05) is 0 Å². The second kappa shape index (κ2) is 3.76. The monoisotopic (exact) mass is 202 g/mol. The summed E-state index contributed by atoms with van der Waals surface area (Å²) in [6.07, 6.45) is 1.50. The van der Waals surface area contributed by atoms with Gasteiger partial charge in [-0.3, -0.25) is 9.48 Å². The first-order valence-electron chi connectivity index (χ1n) is 3.75. The highest BCUT2D eigenvalue weighted by Gasteiger charge is 2.12. The van der Waals surface area contributed by atoms with Crippen molar-refractivity contribution >= 4 is 17.5 Å². The van der Waals surface area contributed by atoms with Crippen LogP contribution in [0.1, 0.15) is 5.69 Å². The Kier molecular flexibility index (Phi) is 2.90. The van der Waals surface area contributed by atoms with E-state index in [1.165, 1.54) is 6.20 Å². The Bertz CT molecular complexity index is 322. The maximum absolute atomic E-state index is 10.6. The van der Waals surface area contributed by atoms with E-state index < -0.39 is 11.9 Å². The quantitative estimate of drug-likeness (QED) is 0.703. The molecule has 1 atom stereocenters. The van der Waals surface area contributed by atoms with Crippen LogP contribution in [0.25, 0.3) is 0 Å². The van der Waals surface area contributed by atoms with Crippen molar-refractivity contribution in [3.63, 3.8) is 0 Å². The SMILES string of the molecule is Cc1c(Cl)cnn1CC(N)C(N)=O. The minimum atomic E-state index is -0.727. The van der Waals surface area contributed by atoms with Crippen molar-refractivity contribution in [1.82, 2.24) is 9.78 Å². The molecular formula is C7H11ClN4O. The molecular weight excluding hydrogens is 192 g/mol. The molecule has 1 amide bonds. The first-order chi connectivity index (χ1) is 6.02. The summed E-state index contributed by atoms with van der Waals surface area (Å²) < 4.78 is 1.55. The minimum Gasteiger partial charge on any atom is -0.368 e. The molecule has 0 aliphatic carbocycles. The molecule has 0 saturated heterocycles. The molecule has 5 nitrogen and oxygen atoms in total. The smallest absolute Gasteiger partial charge is 0.236 e. The maximum Gasteiger partial charge on any atom is 0.236 e. The van der Waals surface area contributed by atoms with Gasteiger partial charge in [0.25, 0.3) is 0 Å². The topological polar surface area (TPSA) is 86.9 Å². The number of hydrogen-bond acceptors (Lipinski definition) is 3. The third kappa shape index (κ3) is 2.19. The van der Waals surface area contributed by atoms with Crippen molar-refractivity contribution in [1.29, 1.82) is 0 Å². The molecule has 0 aliphatic heterocycles. The molecule has 0 radical (unpaired) electrons. The van der Waals surface area contributed by atoms with Gasteiger partial charge in [-0.05, 0) is 6.92 Å². The molecule has 4 N–H and O–H groups in total. The van der Waals surface area contributed by atoms with Crippen LogP contribution in [0.4, 0.5) is 0 Å². The van der Waals surface area contributed by atoms with E-state index in [-0.39, 0.29) is 6.54 Å². The van der Waals surface area contributed by atoms with Gasteiger partial charge >= 0.3 is 0 Å². The molecule has 1 unspecified atom stereocenters. The van der Waals surface area contributed by atoms with E-state index in [0.717, 1.165) is 5.69 Å². The zero-order valence-electron chi connectivity index (χ0n) is 7.20. The number of aromatic nitrogens is 2. The van der Waals surface area contributed by atoms with Gasteiger partial charge in [-0.1, -0.05) is 11.6 Å². The number of amides is 1. The van der Waals surface area contributed by atoms with Crippen LogP contribution in [0.5, 0.6) is 0 Å². The molecule has 0 saturated carbocycles. The highest BCUT2D eigenvalue weighted by atomic mass is 35.5. The summed E-state index contributed by atoms with van der Waals surface area (Å²) in [6.45, 7) is 2.05. The fraction of sp³-hybridized carbons (Fsp3) is 0.429. The molecule has 1 heterocycles. The third-order valence-electron chi connectivity index (χ3n) is 1.78. The van der Waals surface area contributed by atoms with Gasteiger partial charge in [0.2, 0.25) is 5.91 Å². The summed E-state index contributed by atoms with van der Waals surface area (Å²) in [6, 6.07) is -0.727. The largest absolute Gasteiger partial charge is 0.368 e. The Morgan fingerprint density at radius 1 is 1.85 bits per heavy atom. The highest BCUT2D eigenvalue weighted by Crippen LogP contribution is 2.12. The zero-order valence-corrected chi connectivity index (χ0v) is 7.95. The van der Waals surface area contributed by atoms with E-state index in [9.17, 15) is 4.79 Å². The van der Waals surface area contributed by atoms with E-state index in [2.05, 4.69) is 5.10 Å². The van der Waals surface area contributed by atoms with Crippen LogP contribution < -0.4 is 11.5 Å². The van der Waals surface area contributed by atoms with Gasteiger partial charge in [-0.2, -0.15) is 5.10 Å². The molecule has 0 fully saturated rings. The lowest BCUT2D eigenvalue weighted by molar-refractivity contribution is -0.119. The number of hydrogen-bond donors (Lipinski definition) is 2. The van der Waals surface area contributed by atoms with Crippen LogP contribution in [0.2, 0.25) is 5.02 Å². The fourth-order valence-electron chi connectivity index (χ4n) is 0.884. The molecule has 0 aliphatic rings. The molecule has 72 valence electrons. The van der Waals surface area contributed by atoms with Crippen LogP contribution in [-0.2, 0) is 11.3 Å². The fourth-order valence-corrected chi connectivity index (χ4v) is 1.03. The lowest BCUT2D eigenvalue weighted by Crippen LogP contribution is -2.40. The second-order valence-corrected chi connectivity index (χ2v) is 3.18. The lowest BCUT2D eigenvalue weighted by Gasteiger charge is -2.08. The number of nitrogens with two attached hydrogens (primary N) is 2. The Morgan fingerprint density at radius 2 is 2.46 bits per heavy atom. The second-order valence-electron chi connectivity index (χ2n) is 2.77. The summed E-state index contributed by atoms with van der Waals surface area (Å²) >= 11 is 5.75. The van der Waals surface area contributed by atoms with Crippen LogP contribution in [-0.4, -0.2) is 21.7 Å². The van der Waals surface area contributed by atoms with E-state index in [0.29, 0.717) is 5.02 Å². The van der Waals surface area contributed by atoms with Crippen molar-refractivity contribution in [2.24, 2.45) is 11.5 Å². The van der Waals surface area contributed by atoms with Gasteiger partial charge in [-0.15, -0.1) is 0 Å². The summed E-state index contributed by atoms with van der Waals surface area (Å²) in [7, 11) is 0. The van der Waals surface area contributed by atoms with Crippen molar-refractivity contribution in [3.8, 4) is 0 Å². The molecule has 1 aromatic heterocycles. The predicted molar refractivity (Wildman–Crippen MR) is 49.1 cm³/mol. The van der Waals surface area contributed by atoms with Crippen LogP contribution in [0.3, 0.4) is 0 Å². The number of primary amides is 1. The van der Waals surface area contributed by atoms with Gasteiger partial charge in [0.15, 0.2) is 0 Å². The highest BCUT2D eigenvalue weighted by molar-refractivity contribution is 6.31. The Labute approximate surface area is 80.6 Å². The number of rotatable bonds is 3. The van der Waals surface area contributed by atoms with E-state index in [1.54, 1.807) is 11.6 Å². The standard InChI is InChI=1S/C7H11ClN4O/c1-4-5(8)2-11-12(4)3-6(9)7(10)13/h2,6H,3,9H2,1H3,(H2,10,13). The summed E-state index contributed by atoms with van der Waals surface area (Å²) in [4.78, 5) is 10.6. The number of nitrogens with zero attached hydrogens (tertiary/aromatic N) is 2. The minimum absolute atomic E-state index is 0.258. The zero-order chi connectivity index (χ0) is 10.0. The average molecular weight is 203 g/mol. The van der Waals surface area contributed by atoms with Gasteiger partial charge in [-0.25, -0.2) is 0 Å². The van der Waals surface area contributed by atoms with Crippen molar-refractivity contribution in [2.75, 3.05) is 0 Å². The Morgan fingerprint density at radius 3 is 2.85 bits per heavy atom. The lowest BCUT2D eigenvalue weighted by atomic mass is 10.3. The molecule has 13 heavy (non-hydrogen) atoms. The molecule has 1 rings (SSSR count). The van der Waals surface area contributed by atoms with Gasteiger partial charge in [0.1, 0.15) is 6.04 Å². The van der Waals surface area contributed by atoms with Crippen molar-refractivity contribution < 1.29 is 4.79 Å². The molecule has 0 spiro atoms. The summed E-state index contributed by atoms with van der Waals surface area (Å²) in [5.74, 6) is -0.550. The Balaban J connectivity index is 2.74. The molecule has 0 aromatic carbocycles. The molecule has 6 heteroatoms.